The summed E-state index contributed by atoms with van der Waals surface area (Å²) in [4.78, 5) is 0.207. The number of benzene rings is 2. The molecule has 0 spiro atoms. The highest BCUT2D eigenvalue weighted by atomic mass is 32.2. The first-order valence-electron chi connectivity index (χ1n) is 7.46. The van der Waals surface area contributed by atoms with Gasteiger partial charge in [-0.05, 0) is 32.0 Å². The monoisotopic (exact) mass is 326 g/mol. The van der Waals surface area contributed by atoms with Gasteiger partial charge in [-0.25, -0.2) is 0 Å². The quantitative estimate of drug-likeness (QED) is 0.685. The largest absolute Gasteiger partial charge is 0.347 e. The van der Waals surface area contributed by atoms with Crippen molar-refractivity contribution in [2.24, 2.45) is 4.40 Å². The second-order valence-corrected chi connectivity index (χ2v) is 7.04. The number of aromatic nitrogens is 1. The van der Waals surface area contributed by atoms with Crippen LogP contribution >= 0.6 is 0 Å². The molecule has 3 aromatic rings. The molecule has 2 aromatic carbocycles. The molecule has 3 rings (SSSR count). The van der Waals surface area contributed by atoms with E-state index in [0.717, 1.165) is 28.6 Å². The Labute approximate surface area is 136 Å². The average molecular weight is 326 g/mol. The Kier molecular flexibility index (Phi) is 4.05. The first-order valence-corrected chi connectivity index (χ1v) is 8.90. The van der Waals surface area contributed by atoms with E-state index in [-0.39, 0.29) is 4.90 Å². The molecule has 118 valence electrons. The van der Waals surface area contributed by atoms with E-state index in [4.69, 9.17) is 0 Å². The minimum Gasteiger partial charge on any atom is -0.347 e. The number of nitrogens with zero attached hydrogens (tertiary/aromatic N) is 2. The molecule has 1 aromatic heterocycles. The van der Waals surface area contributed by atoms with Crippen molar-refractivity contribution in [1.29, 1.82) is 0 Å². The molecule has 0 atom stereocenters. The van der Waals surface area contributed by atoms with Gasteiger partial charge in [0.2, 0.25) is 0 Å². The van der Waals surface area contributed by atoms with E-state index in [1.54, 1.807) is 24.3 Å². The van der Waals surface area contributed by atoms with Gasteiger partial charge in [-0.3, -0.25) is 0 Å². The minimum absolute atomic E-state index is 0.207. The topological polar surface area (TPSA) is 51.4 Å². The van der Waals surface area contributed by atoms with Gasteiger partial charge in [0.05, 0.1) is 4.90 Å². The SMILES string of the molecule is CCn1cc(/C=N\S(=O)(=O)c2ccc(C)cc2)c2ccccc21. The van der Waals surface area contributed by atoms with Gasteiger partial charge in [0.15, 0.2) is 0 Å². The molecule has 0 amide bonds. The maximum atomic E-state index is 12.3. The summed E-state index contributed by atoms with van der Waals surface area (Å²) in [7, 11) is -3.68. The van der Waals surface area contributed by atoms with E-state index in [1.165, 1.54) is 6.21 Å². The number of sulfonamides is 1. The number of rotatable bonds is 4. The Morgan fingerprint density at radius 3 is 2.48 bits per heavy atom. The van der Waals surface area contributed by atoms with Crippen molar-refractivity contribution in [3.8, 4) is 0 Å². The molecule has 0 saturated heterocycles. The van der Waals surface area contributed by atoms with E-state index in [1.807, 2.05) is 37.4 Å². The van der Waals surface area contributed by atoms with Crippen LogP contribution in [0.15, 0.2) is 64.0 Å². The second-order valence-electron chi connectivity index (χ2n) is 5.41. The smallest absolute Gasteiger partial charge is 0.282 e. The lowest BCUT2D eigenvalue weighted by atomic mass is 10.2. The van der Waals surface area contributed by atoms with E-state index >= 15 is 0 Å². The molecule has 0 saturated carbocycles. The molecule has 5 heteroatoms. The van der Waals surface area contributed by atoms with Gasteiger partial charge >= 0.3 is 0 Å². The Hall–Kier alpha value is -2.40. The van der Waals surface area contributed by atoms with Crippen LogP contribution in [0, 0.1) is 6.92 Å². The fourth-order valence-corrected chi connectivity index (χ4v) is 3.39. The average Bonchev–Trinajstić information content (AvgIpc) is 2.92. The maximum Gasteiger partial charge on any atom is 0.282 e. The predicted octanol–water partition coefficient (Wildman–Crippen LogP) is 3.78. The molecule has 0 aliphatic rings. The molecule has 0 aliphatic heterocycles. The van der Waals surface area contributed by atoms with Crippen LogP contribution in [0.3, 0.4) is 0 Å². The van der Waals surface area contributed by atoms with Crippen LogP contribution < -0.4 is 0 Å². The highest BCUT2D eigenvalue weighted by Gasteiger charge is 2.12. The number of aryl methyl sites for hydroxylation is 2. The van der Waals surface area contributed by atoms with Gasteiger partial charge in [0.25, 0.3) is 10.0 Å². The first kappa shape index (κ1) is 15.5. The molecule has 0 unspecified atom stereocenters. The Morgan fingerprint density at radius 1 is 1.09 bits per heavy atom. The number of hydrogen-bond acceptors (Lipinski definition) is 2. The van der Waals surface area contributed by atoms with Gasteiger partial charge in [-0.15, -0.1) is 0 Å². The van der Waals surface area contributed by atoms with Crippen molar-refractivity contribution in [3.05, 3.63) is 65.9 Å². The fraction of sp³-hybridized carbons (Fsp3) is 0.167. The van der Waals surface area contributed by atoms with Crippen LogP contribution in [-0.2, 0) is 16.6 Å². The molecule has 23 heavy (non-hydrogen) atoms. The van der Waals surface area contributed by atoms with Crippen molar-refractivity contribution >= 4 is 27.1 Å². The molecule has 0 N–H and O–H groups in total. The highest BCUT2D eigenvalue weighted by molar-refractivity contribution is 7.90. The van der Waals surface area contributed by atoms with Crippen LogP contribution in [0.1, 0.15) is 18.1 Å². The summed E-state index contributed by atoms with van der Waals surface area (Å²) >= 11 is 0. The van der Waals surface area contributed by atoms with Crippen LogP contribution in [0.5, 0.6) is 0 Å². The van der Waals surface area contributed by atoms with Crippen LogP contribution in [0.2, 0.25) is 0 Å². The van der Waals surface area contributed by atoms with Gasteiger partial charge < -0.3 is 4.57 Å². The number of fused-ring (bicyclic) bond motifs is 1. The van der Waals surface area contributed by atoms with Crippen LogP contribution in [0.4, 0.5) is 0 Å². The predicted molar refractivity (Wildman–Crippen MR) is 93.6 cm³/mol. The van der Waals surface area contributed by atoms with E-state index < -0.39 is 10.0 Å². The standard InChI is InChI=1S/C18H18N2O2S/c1-3-20-13-15(17-6-4-5-7-18(17)20)12-19-23(21,22)16-10-8-14(2)9-11-16/h4-13H,3H2,1-2H3/b19-12-. The molecule has 0 radical (unpaired) electrons. The molecule has 0 bridgehead atoms. The third kappa shape index (κ3) is 3.05. The zero-order valence-electron chi connectivity index (χ0n) is 13.1. The molecule has 1 heterocycles. The molecule has 4 nitrogen and oxygen atoms in total. The Balaban J connectivity index is 2.01. The second kappa shape index (κ2) is 6.01. The summed E-state index contributed by atoms with van der Waals surface area (Å²) in [5.41, 5.74) is 2.89. The summed E-state index contributed by atoms with van der Waals surface area (Å²) in [6.07, 6.45) is 3.36. The summed E-state index contributed by atoms with van der Waals surface area (Å²) < 4.78 is 30.6. The molecular weight excluding hydrogens is 308 g/mol. The van der Waals surface area contributed by atoms with E-state index in [9.17, 15) is 8.42 Å². The number of para-hydroxylation sites is 1. The fourth-order valence-electron chi connectivity index (χ4n) is 2.54. The van der Waals surface area contributed by atoms with Gasteiger partial charge in [-0.1, -0.05) is 35.9 Å². The lowest BCUT2D eigenvalue weighted by molar-refractivity contribution is 0.598. The minimum atomic E-state index is -3.68. The van der Waals surface area contributed by atoms with Gasteiger partial charge in [0, 0.05) is 35.4 Å². The molecule has 0 aliphatic carbocycles. The van der Waals surface area contributed by atoms with Crippen molar-refractivity contribution in [1.82, 2.24) is 4.57 Å². The normalized spacial score (nSPS) is 12.3. The number of hydrogen-bond donors (Lipinski definition) is 0. The summed E-state index contributed by atoms with van der Waals surface area (Å²) in [5.74, 6) is 0. The molecular formula is C18H18N2O2S. The summed E-state index contributed by atoms with van der Waals surface area (Å²) in [6, 6.07) is 14.6. The Bertz CT molecular complexity index is 968. The van der Waals surface area contributed by atoms with Crippen LogP contribution in [-0.4, -0.2) is 19.2 Å². The van der Waals surface area contributed by atoms with Gasteiger partial charge in [0.1, 0.15) is 0 Å². The summed E-state index contributed by atoms with van der Waals surface area (Å²) in [6.45, 7) is 4.79. The van der Waals surface area contributed by atoms with E-state index in [0.29, 0.717) is 0 Å². The van der Waals surface area contributed by atoms with Crippen molar-refractivity contribution in [2.45, 2.75) is 25.3 Å². The third-order valence-electron chi connectivity index (χ3n) is 3.81. The zero-order chi connectivity index (χ0) is 16.4. The van der Waals surface area contributed by atoms with E-state index in [2.05, 4.69) is 15.9 Å². The highest BCUT2D eigenvalue weighted by Crippen LogP contribution is 2.21. The third-order valence-corrected chi connectivity index (χ3v) is 5.06. The molecule has 0 fully saturated rings. The lowest BCUT2D eigenvalue weighted by Gasteiger charge is -1.99. The summed E-state index contributed by atoms with van der Waals surface area (Å²) in [5, 5.41) is 0.997. The van der Waals surface area contributed by atoms with Crippen molar-refractivity contribution in [2.75, 3.05) is 0 Å². The Morgan fingerprint density at radius 2 is 1.78 bits per heavy atom. The van der Waals surface area contributed by atoms with Crippen molar-refractivity contribution in [3.63, 3.8) is 0 Å². The first-order chi connectivity index (χ1) is 11.0. The zero-order valence-corrected chi connectivity index (χ0v) is 13.9. The van der Waals surface area contributed by atoms with Crippen LogP contribution in [0.25, 0.3) is 10.9 Å². The maximum absolute atomic E-state index is 12.3. The lowest BCUT2D eigenvalue weighted by Crippen LogP contribution is -1.97. The van der Waals surface area contributed by atoms with Crippen molar-refractivity contribution < 1.29 is 8.42 Å². The van der Waals surface area contributed by atoms with Gasteiger partial charge in [-0.2, -0.15) is 12.8 Å².